The fourth-order valence-corrected chi connectivity index (χ4v) is 19.0. The van der Waals surface area contributed by atoms with Crippen molar-refractivity contribution in [2.75, 3.05) is 19.6 Å². The molecule has 24 rings (SSSR count). The van der Waals surface area contributed by atoms with Crippen LogP contribution in [-0.2, 0) is 0 Å². The van der Waals surface area contributed by atoms with E-state index in [9.17, 15) is 0 Å². The Morgan fingerprint density at radius 3 is 0.932 bits per heavy atom. The Hall–Kier alpha value is -17.3. The maximum Gasteiger partial charge on any atom is 0.143 e. The maximum atomic E-state index is 6.34. The molecule has 626 valence electrons. The van der Waals surface area contributed by atoms with Gasteiger partial charge in [-0.25, -0.2) is 0 Å². The Balaban J connectivity index is 0.000000116. The summed E-state index contributed by atoms with van der Waals surface area (Å²) in [5.74, 6) is 0.374. The maximum absolute atomic E-state index is 6.34. The number of anilines is 11. The highest BCUT2D eigenvalue weighted by Gasteiger charge is 2.37. The Morgan fingerprint density at radius 1 is 0.205 bits per heavy atom. The van der Waals surface area contributed by atoms with Crippen molar-refractivity contribution in [2.24, 2.45) is 0 Å². The van der Waals surface area contributed by atoms with E-state index in [-0.39, 0.29) is 6.04 Å². The molecule has 2 aliphatic rings. The van der Waals surface area contributed by atoms with Gasteiger partial charge in [-0.3, -0.25) is 0 Å². The van der Waals surface area contributed by atoms with Crippen molar-refractivity contribution in [1.82, 2.24) is 4.57 Å². The number of nitrogens with zero attached hydrogens (tertiary/aromatic N) is 5. The molecule has 0 bridgehead atoms. The van der Waals surface area contributed by atoms with E-state index >= 15 is 0 Å². The zero-order valence-corrected chi connectivity index (χ0v) is 72.7. The Labute approximate surface area is 770 Å². The molecule has 132 heavy (non-hydrogen) atoms. The zero-order valence-electron chi connectivity index (χ0n) is 72.7. The van der Waals surface area contributed by atoms with Gasteiger partial charge < -0.3 is 28.6 Å². The number of benzene rings is 20. The largest absolute Gasteiger partial charge is 0.455 e. The third kappa shape index (κ3) is 16.3. The van der Waals surface area contributed by atoms with Gasteiger partial charge in [0.1, 0.15) is 11.2 Å². The molecule has 3 heterocycles. The molecule has 0 fully saturated rings. The van der Waals surface area contributed by atoms with Crippen LogP contribution in [0.2, 0.25) is 0 Å². The molecule has 2 unspecified atom stereocenters. The molecule has 1 aliphatic carbocycles. The van der Waals surface area contributed by atoms with E-state index < -0.39 is 0 Å². The molecular weight excluding hydrogens is 1600 g/mol. The summed E-state index contributed by atoms with van der Waals surface area (Å²) in [5.41, 5.74) is 36.0. The number of hydrogen-bond donors (Lipinski definition) is 0. The van der Waals surface area contributed by atoms with Gasteiger partial charge >= 0.3 is 0 Å². The average Bonchev–Trinajstić information content (AvgIpc) is 1.60. The quantitative estimate of drug-likeness (QED) is 0.0855. The van der Waals surface area contributed by atoms with Crippen LogP contribution in [0.3, 0.4) is 0 Å². The summed E-state index contributed by atoms with van der Waals surface area (Å²) in [5, 5.41) is 4.83. The fraction of sp³-hybridized carbons (Fsp3) is 0.0159. The van der Waals surface area contributed by atoms with Crippen molar-refractivity contribution in [3.63, 3.8) is 0 Å². The van der Waals surface area contributed by atoms with E-state index in [1.54, 1.807) is 0 Å². The monoisotopic (exact) mass is 1690 g/mol. The lowest BCUT2D eigenvalue weighted by Crippen LogP contribution is -2.28. The van der Waals surface area contributed by atoms with Gasteiger partial charge in [-0.1, -0.05) is 382 Å². The van der Waals surface area contributed by atoms with E-state index in [0.717, 1.165) is 89.9 Å². The van der Waals surface area contributed by atoms with E-state index in [1.807, 2.05) is 12.1 Å². The van der Waals surface area contributed by atoms with Gasteiger partial charge in [-0.05, 0) is 236 Å². The number of furan rings is 1. The molecule has 0 N–H and O–H groups in total. The highest BCUT2D eigenvalue weighted by Crippen LogP contribution is 2.50. The highest BCUT2D eigenvalue weighted by atomic mass is 16.3. The summed E-state index contributed by atoms with van der Waals surface area (Å²) in [6.07, 6.45) is 9.01. The number of allylic oxidation sites excluding steroid dienone is 2. The molecule has 0 saturated carbocycles. The van der Waals surface area contributed by atoms with Crippen LogP contribution in [0.1, 0.15) is 11.5 Å². The summed E-state index contributed by atoms with van der Waals surface area (Å²) in [7, 11) is 0. The van der Waals surface area contributed by atoms with Gasteiger partial charge in [-0.15, -0.1) is 0 Å². The first-order valence-electron chi connectivity index (χ1n) is 45.2. The van der Waals surface area contributed by atoms with Crippen LogP contribution in [0, 0.1) is 0 Å². The standard InChI is InChI=1S/C42H30N2.C42H32N2.C42H29NO/c1-3-12-31(13-4-1)32-22-26-36(27-23-32)43(35-15-5-2-6-16-35)37-28-24-33(25-29-37)34-14-11-17-38(30-34)44-41-20-9-7-18-39(41)40-19-8-10-21-42(40)44;1-3-11-31(12-4-1)33-19-23-35(24-20-33)43(36-25-21-34(22-26-36)32-13-5-2-6-14-32)37-27-29-38(30-28-37)44-41-17-9-7-15-39(41)40-16-8-10-18-42(40)44;1-3-10-30(11-4-1)32-18-24-35(25-19-32)43(36-26-20-33(21-27-36)31-12-5-2-6-13-31)37-28-22-34(23-29-37)38-15-9-16-40-39-14-7-8-17-41(39)44-42(38)40/h1-30H;1-30,39,41H;1-29H. The van der Waals surface area contributed by atoms with Crippen molar-refractivity contribution in [3.05, 3.63) is 546 Å². The van der Waals surface area contributed by atoms with Crippen molar-refractivity contribution >= 4 is 106 Å². The molecule has 2 atom stereocenters. The number of hydrogen-bond acceptors (Lipinski definition) is 5. The van der Waals surface area contributed by atoms with Crippen molar-refractivity contribution in [3.8, 4) is 83.6 Å². The summed E-state index contributed by atoms with van der Waals surface area (Å²) in [6.45, 7) is 0. The molecule has 20 aromatic carbocycles. The van der Waals surface area contributed by atoms with Crippen molar-refractivity contribution in [1.29, 1.82) is 0 Å². The highest BCUT2D eigenvalue weighted by molar-refractivity contribution is 6.11. The van der Waals surface area contributed by atoms with Crippen molar-refractivity contribution < 1.29 is 4.42 Å². The number of aromatic nitrogens is 1. The Morgan fingerprint density at radius 2 is 0.508 bits per heavy atom. The van der Waals surface area contributed by atoms with E-state index in [2.05, 4.69) is 552 Å². The minimum absolute atomic E-state index is 0.287. The molecule has 0 saturated heterocycles. The molecule has 2 aromatic heterocycles. The number of para-hydroxylation sites is 6. The summed E-state index contributed by atoms with van der Waals surface area (Å²) in [6, 6.07) is 184. The van der Waals surface area contributed by atoms with Gasteiger partial charge in [0, 0.05) is 101 Å². The number of fused-ring (bicyclic) bond motifs is 9. The molecule has 6 heteroatoms. The third-order valence-electron chi connectivity index (χ3n) is 25.5. The second-order valence-corrected chi connectivity index (χ2v) is 33.4. The van der Waals surface area contributed by atoms with E-state index in [1.165, 1.54) is 106 Å². The second-order valence-electron chi connectivity index (χ2n) is 33.4. The van der Waals surface area contributed by atoms with Gasteiger partial charge in [0.25, 0.3) is 0 Å². The molecule has 0 amide bonds. The van der Waals surface area contributed by atoms with Gasteiger partial charge in [0.2, 0.25) is 0 Å². The molecule has 0 radical (unpaired) electrons. The zero-order chi connectivity index (χ0) is 87.9. The topological polar surface area (TPSA) is 31.0 Å². The fourth-order valence-electron chi connectivity index (χ4n) is 19.0. The summed E-state index contributed by atoms with van der Waals surface area (Å²) >= 11 is 0. The van der Waals surface area contributed by atoms with Crippen LogP contribution >= 0.6 is 0 Å². The van der Waals surface area contributed by atoms with Crippen LogP contribution in [-0.4, -0.2) is 10.6 Å². The Kier molecular flexibility index (Phi) is 22.3. The predicted octanol–water partition coefficient (Wildman–Crippen LogP) is 34.9. The molecule has 6 nitrogen and oxygen atoms in total. The smallest absolute Gasteiger partial charge is 0.143 e. The molecule has 22 aromatic rings. The van der Waals surface area contributed by atoms with E-state index in [4.69, 9.17) is 4.42 Å². The summed E-state index contributed by atoms with van der Waals surface area (Å²) in [4.78, 5) is 9.46. The molecule has 0 spiro atoms. The predicted molar refractivity (Wildman–Crippen MR) is 556 cm³/mol. The lowest BCUT2D eigenvalue weighted by molar-refractivity contribution is 0.670. The minimum atomic E-state index is 0.287. The summed E-state index contributed by atoms with van der Waals surface area (Å²) < 4.78 is 8.71. The molecule has 1 aliphatic heterocycles. The van der Waals surface area contributed by atoms with Gasteiger partial charge in [0.05, 0.1) is 17.1 Å². The minimum Gasteiger partial charge on any atom is -0.455 e. The van der Waals surface area contributed by atoms with Crippen molar-refractivity contribution in [2.45, 2.75) is 12.0 Å². The number of rotatable bonds is 18. The second kappa shape index (κ2) is 36.6. The first kappa shape index (κ1) is 80.5. The lowest BCUT2D eigenvalue weighted by atomic mass is 9.91. The van der Waals surface area contributed by atoms with Crippen LogP contribution in [0.5, 0.6) is 0 Å². The van der Waals surface area contributed by atoms with Crippen LogP contribution in [0.25, 0.3) is 127 Å². The SMILES string of the molecule is C1=CC2c3ccccc3N(c3ccc(N(c4ccc(-c5ccccc5)cc4)c4ccc(-c5ccccc5)cc4)cc3)C2C=C1.c1ccc(-c2ccc(N(c3ccc(-c4ccccc4)cc3)c3ccc(-c4cccc5c4oc4ccccc45)cc3)cc2)cc1.c1ccc(-c2ccc(N(c3ccccc3)c3ccc(-c4cccc(-n5c6ccccc6c6ccccc65)c4)cc3)cc2)cc1. The third-order valence-corrected chi connectivity index (χ3v) is 25.5. The van der Waals surface area contributed by atoms with Gasteiger partial charge in [0.15, 0.2) is 0 Å². The van der Waals surface area contributed by atoms with Crippen LogP contribution in [0.4, 0.5) is 62.6 Å². The molecular formula is C126H91N5O. The Bertz CT molecular complexity index is 7580. The first-order chi connectivity index (χ1) is 65.5. The van der Waals surface area contributed by atoms with Crippen LogP contribution < -0.4 is 19.6 Å². The first-order valence-corrected chi connectivity index (χ1v) is 45.2. The lowest BCUT2D eigenvalue weighted by Gasteiger charge is -2.30. The van der Waals surface area contributed by atoms with E-state index in [0.29, 0.717) is 5.92 Å². The average molecular weight is 1690 g/mol. The van der Waals surface area contributed by atoms with Gasteiger partial charge in [-0.2, -0.15) is 0 Å². The normalized spacial score (nSPS) is 12.9. The van der Waals surface area contributed by atoms with Crippen LogP contribution in [0.15, 0.2) is 544 Å².